The van der Waals surface area contributed by atoms with E-state index in [2.05, 4.69) is 46.8 Å². The lowest BCUT2D eigenvalue weighted by Gasteiger charge is -2.36. The second kappa shape index (κ2) is 33.4. The van der Waals surface area contributed by atoms with Gasteiger partial charge < -0.3 is 40.9 Å². The van der Waals surface area contributed by atoms with Crippen molar-refractivity contribution >= 4 is 131 Å². The van der Waals surface area contributed by atoms with E-state index in [9.17, 15) is 71.0 Å². The topological polar surface area (TPSA) is 354 Å². The number of halogens is 6. The molecule has 4 aromatic carbocycles. The molecule has 2 aliphatic carbocycles. The van der Waals surface area contributed by atoms with Crippen molar-refractivity contribution in [1.82, 2.24) is 50.2 Å². The highest BCUT2D eigenvalue weighted by Gasteiger charge is 2.49. The minimum atomic E-state index is -5.14. The van der Waals surface area contributed by atoms with Gasteiger partial charge in [-0.3, -0.25) is 73.2 Å². The number of benzene rings is 4. The Hall–Kier alpha value is -11.2. The number of aromatic nitrogens is 4. The molecule has 5 fully saturated rings. The maximum Gasteiger partial charge on any atom is 0.433 e. The van der Waals surface area contributed by atoms with Crippen LogP contribution in [0.2, 0.25) is 0 Å². The Kier molecular flexibility index (Phi) is 23.4. The van der Waals surface area contributed by atoms with Gasteiger partial charge in [-0.1, -0.05) is 18.2 Å². The van der Waals surface area contributed by atoms with Crippen LogP contribution in [0.3, 0.4) is 0 Å². The lowest BCUT2D eigenvalue weighted by molar-refractivity contribution is -0.142. The SMILES string of the molecule is CN(CCCNc1cccc2c1C(=O)N(C1CCC(=O)NC1=O)C2=O)CC1CCC(c2nc3cc(C(C)(C)Oc4cc(C(=O)Nc5cc6sc(C7CCC(C(=O)N8CCC(CCNc9cccc%10c9C(=O)N(C9CCC(=O)NC9=O)C%10=O)CC8)CC7)nc6cc5C(C)(C)O)nc(C(F)(F)F)c4)c(NC(=O)c4cccc(C(F)(F)F)n4)cc3s2)CC1. The van der Waals surface area contributed by atoms with Gasteiger partial charge in [0.25, 0.3) is 35.4 Å². The number of rotatable bonds is 24. The van der Waals surface area contributed by atoms with Gasteiger partial charge in [-0.25, -0.2) is 19.9 Å². The summed E-state index contributed by atoms with van der Waals surface area (Å²) in [5.41, 5.74) is -4.47. The predicted octanol–water partition coefficient (Wildman–Crippen LogP) is 13.3. The fourth-order valence-corrected chi connectivity index (χ4v) is 19.8. The molecule has 2 atom stereocenters. The number of pyridine rings is 2. The first-order valence-corrected chi connectivity index (χ1v) is 41.9. The average Bonchev–Trinajstić information content (AvgIpc) is 1.57. The minimum absolute atomic E-state index is 0.00538. The number of nitrogens with one attached hydrogen (secondary N) is 6. The van der Waals surface area contributed by atoms with E-state index in [4.69, 9.17) is 14.7 Å². The Morgan fingerprint density at radius 3 is 1.58 bits per heavy atom. The maximum absolute atomic E-state index is 15.1. The van der Waals surface area contributed by atoms with E-state index < -0.39 is 123 Å². The van der Waals surface area contributed by atoms with Crippen molar-refractivity contribution < 1.29 is 88.9 Å². The van der Waals surface area contributed by atoms with Crippen LogP contribution >= 0.6 is 22.7 Å². The van der Waals surface area contributed by atoms with Crippen molar-refractivity contribution in [2.45, 2.75) is 178 Å². The molecule has 15 rings (SSSR count). The number of nitrogens with zero attached hydrogens (tertiary/aromatic N) is 8. The fraction of sp³-hybridized carbons (Fsp3) is 0.447. The number of carbonyl (C=O) groups excluding carboxylic acids is 11. The molecular weight excluding hydrogens is 1600 g/mol. The van der Waals surface area contributed by atoms with Crippen molar-refractivity contribution in [3.63, 3.8) is 0 Å². The average molecular weight is 1690 g/mol. The van der Waals surface area contributed by atoms with Crippen LogP contribution in [-0.2, 0) is 47.5 Å². The minimum Gasteiger partial charge on any atom is -0.483 e. The molecule has 3 saturated heterocycles. The number of thiazole rings is 2. The molecule has 0 spiro atoms. The largest absolute Gasteiger partial charge is 0.483 e. The van der Waals surface area contributed by atoms with Gasteiger partial charge in [0.1, 0.15) is 46.2 Å². The van der Waals surface area contributed by atoms with Gasteiger partial charge in [0, 0.05) is 109 Å². The van der Waals surface area contributed by atoms with Crippen LogP contribution in [0.15, 0.2) is 91.0 Å². The Morgan fingerprint density at radius 1 is 0.550 bits per heavy atom. The van der Waals surface area contributed by atoms with Crippen molar-refractivity contribution in [2.75, 3.05) is 67.6 Å². The first-order valence-electron chi connectivity index (χ1n) is 40.2. The molecule has 27 nitrogen and oxygen atoms in total. The third-order valence-corrected chi connectivity index (χ3v) is 26.2. The molecule has 5 aliphatic heterocycles. The van der Waals surface area contributed by atoms with Gasteiger partial charge in [-0.05, 0) is 204 Å². The molecule has 9 heterocycles. The van der Waals surface area contributed by atoms with Gasteiger partial charge in [-0.15, -0.1) is 22.7 Å². The van der Waals surface area contributed by atoms with Crippen LogP contribution in [0.1, 0.15) is 237 Å². The van der Waals surface area contributed by atoms with E-state index in [0.717, 1.165) is 89.5 Å². The smallest absolute Gasteiger partial charge is 0.433 e. The summed E-state index contributed by atoms with van der Waals surface area (Å²) in [7, 11) is 2.02. The fourth-order valence-electron chi connectivity index (χ4n) is 17.5. The molecule has 11 amide bonds. The number of aliphatic hydroxyl groups is 1. The zero-order chi connectivity index (χ0) is 85.2. The Morgan fingerprint density at radius 2 is 1.05 bits per heavy atom. The molecule has 4 aromatic heterocycles. The predicted molar refractivity (Wildman–Crippen MR) is 431 cm³/mol. The quantitative estimate of drug-likeness (QED) is 0.0168. The van der Waals surface area contributed by atoms with Gasteiger partial charge >= 0.3 is 12.4 Å². The van der Waals surface area contributed by atoms with Crippen LogP contribution in [-0.4, -0.2) is 168 Å². The molecular formula is C85H88F6N14O13S2. The highest BCUT2D eigenvalue weighted by molar-refractivity contribution is 7.19. The van der Waals surface area contributed by atoms with E-state index in [-0.39, 0.29) is 100 Å². The number of imide groups is 4. The number of hydrogen-bond donors (Lipinski definition) is 7. The number of carbonyl (C=O) groups is 11. The monoisotopic (exact) mass is 1690 g/mol. The zero-order valence-corrected chi connectivity index (χ0v) is 67.9. The summed E-state index contributed by atoms with van der Waals surface area (Å²) in [6.45, 7) is 9.57. The van der Waals surface area contributed by atoms with Crippen LogP contribution < -0.4 is 36.6 Å². The van der Waals surface area contributed by atoms with Crippen LogP contribution in [0.4, 0.5) is 49.1 Å². The van der Waals surface area contributed by atoms with Crippen molar-refractivity contribution in [2.24, 2.45) is 17.8 Å². The van der Waals surface area contributed by atoms with E-state index in [1.165, 1.54) is 50.4 Å². The first kappa shape index (κ1) is 83.9. The van der Waals surface area contributed by atoms with Gasteiger partial charge in [0.05, 0.1) is 58.3 Å². The molecule has 120 heavy (non-hydrogen) atoms. The van der Waals surface area contributed by atoms with E-state index in [1.807, 2.05) is 11.9 Å². The van der Waals surface area contributed by atoms with E-state index in [1.54, 1.807) is 60.7 Å². The number of likely N-dealkylation sites (tertiary alicyclic amines) is 1. The van der Waals surface area contributed by atoms with Crippen LogP contribution in [0, 0.1) is 17.8 Å². The Labute approximate surface area is 692 Å². The molecule has 2 unspecified atom stereocenters. The van der Waals surface area contributed by atoms with E-state index >= 15 is 13.2 Å². The van der Waals surface area contributed by atoms with Crippen LogP contribution in [0.25, 0.3) is 20.4 Å². The zero-order valence-electron chi connectivity index (χ0n) is 66.3. The third-order valence-electron chi connectivity index (χ3n) is 23.8. The highest BCUT2D eigenvalue weighted by Crippen LogP contribution is 2.47. The number of alkyl halides is 6. The standard InChI is InChI=1S/C85H88F6N14O13S2/c1-82(2,117)51-38-58-63(119-76(98-58)46-20-22-47(23-21-46)77(112)103-34-29-43(30-35-103)28-32-93-54-13-7-11-50-70(54)81(116)105(79(50)114)62-25-27-68(107)101-74(62)111)40-56(51)96-72(109)60-36-48(37-66(95-60)85(89,90)91)118-83(3,4)52-39-59-64(41-57(52)97-71(108)55-14-8-15-65(94-55)84(86,87)88)120-75(99-59)45-18-16-44(17-19-45)42-102(5)33-9-31-92-53-12-6-10-49-69(53)80(115)104(78(49)113)61-24-26-67(106)100-73(61)110/h6-8,10-15,36-41,43-47,61-62,92-93,117H,9,16-35,42H2,1-5H3,(H,96,109)(H,97,108)(H,100,106,110)(H,101,107,111). The normalized spacial score (nSPS) is 20.9. The number of ether oxygens (including phenoxy) is 1. The third kappa shape index (κ3) is 17.6. The van der Waals surface area contributed by atoms with E-state index in [0.29, 0.717) is 115 Å². The number of amides is 11. The summed E-state index contributed by atoms with van der Waals surface area (Å²) in [5.74, 6) is -6.80. The number of anilines is 4. The number of fused-ring (bicyclic) bond motifs is 4. The lowest BCUT2D eigenvalue weighted by atomic mass is 9.81. The molecule has 7 aliphatic rings. The summed E-state index contributed by atoms with van der Waals surface area (Å²) in [5, 5.41) is 29.6. The highest BCUT2D eigenvalue weighted by atomic mass is 32.1. The van der Waals surface area contributed by atoms with Crippen molar-refractivity contribution in [3.05, 3.63) is 157 Å². The summed E-state index contributed by atoms with van der Waals surface area (Å²) in [6.07, 6.45) is -1.17. The molecule has 35 heteroatoms. The van der Waals surface area contributed by atoms with Crippen molar-refractivity contribution in [1.29, 1.82) is 0 Å². The molecule has 8 aromatic rings. The Balaban J connectivity index is 0.580. The summed E-state index contributed by atoms with van der Waals surface area (Å²) < 4.78 is 94.8. The Bertz CT molecular complexity index is 5490. The molecule has 0 bridgehead atoms. The van der Waals surface area contributed by atoms with Crippen molar-refractivity contribution in [3.8, 4) is 5.75 Å². The van der Waals surface area contributed by atoms with Crippen LogP contribution in [0.5, 0.6) is 5.75 Å². The number of piperidine rings is 3. The van der Waals surface area contributed by atoms with Gasteiger partial charge in [0.2, 0.25) is 29.5 Å². The summed E-state index contributed by atoms with van der Waals surface area (Å²) >= 11 is 2.71. The second-order valence-corrected chi connectivity index (χ2v) is 35.2. The molecule has 7 N–H and O–H groups in total. The molecule has 2 saturated carbocycles. The summed E-state index contributed by atoms with van der Waals surface area (Å²) in [6, 6.07) is 18.5. The van der Waals surface area contributed by atoms with Gasteiger partial charge in [0.15, 0.2) is 0 Å². The molecule has 630 valence electrons. The maximum atomic E-state index is 15.1. The lowest BCUT2D eigenvalue weighted by Crippen LogP contribution is -2.54. The first-order chi connectivity index (χ1) is 57.0. The summed E-state index contributed by atoms with van der Waals surface area (Å²) in [4.78, 5) is 169. The molecule has 0 radical (unpaired) electrons. The number of hydrogen-bond acceptors (Lipinski definition) is 22. The van der Waals surface area contributed by atoms with Gasteiger partial charge in [-0.2, -0.15) is 26.3 Å². The second-order valence-electron chi connectivity index (χ2n) is 33.0.